The zero-order valence-corrected chi connectivity index (χ0v) is 12.8. The van der Waals surface area contributed by atoms with E-state index in [9.17, 15) is 0 Å². The molecular formula is C11H9N7OS2. The van der Waals surface area contributed by atoms with E-state index in [-0.39, 0.29) is 0 Å². The second kappa shape index (κ2) is 4.67. The summed E-state index contributed by atoms with van der Waals surface area (Å²) in [4.78, 5) is 0.736. The van der Waals surface area contributed by atoms with Crippen molar-refractivity contribution in [2.24, 2.45) is 0 Å². The van der Waals surface area contributed by atoms with Crippen molar-refractivity contribution in [2.75, 3.05) is 0 Å². The molecule has 0 radical (unpaired) electrons. The minimum atomic E-state index is 0.584. The summed E-state index contributed by atoms with van der Waals surface area (Å²) in [5.74, 6) is 1.55. The molecule has 0 spiro atoms. The number of rotatable bonds is 3. The maximum Gasteiger partial charge on any atom is 0.235 e. The SMILES string of the molecule is Cc1noc(C)c1Cc1nnc2sc(-c3csnn3)nn12. The molecule has 0 aromatic carbocycles. The molecule has 0 fully saturated rings. The molecule has 0 saturated heterocycles. The number of hydrogen-bond acceptors (Lipinski definition) is 9. The molecule has 0 aliphatic rings. The molecule has 4 rings (SSSR count). The largest absolute Gasteiger partial charge is 0.361 e. The van der Waals surface area contributed by atoms with E-state index < -0.39 is 0 Å². The van der Waals surface area contributed by atoms with Crippen LogP contribution >= 0.6 is 22.9 Å². The third-order valence-electron chi connectivity index (χ3n) is 3.15. The minimum Gasteiger partial charge on any atom is -0.361 e. The first-order valence-corrected chi connectivity index (χ1v) is 7.78. The zero-order chi connectivity index (χ0) is 14.4. The first kappa shape index (κ1) is 12.5. The van der Waals surface area contributed by atoms with Gasteiger partial charge in [0.15, 0.2) is 10.8 Å². The van der Waals surface area contributed by atoms with E-state index in [4.69, 9.17) is 4.52 Å². The van der Waals surface area contributed by atoms with Gasteiger partial charge in [0.05, 0.1) is 5.69 Å². The van der Waals surface area contributed by atoms with E-state index in [0.717, 1.165) is 38.5 Å². The van der Waals surface area contributed by atoms with Crippen molar-refractivity contribution >= 4 is 27.8 Å². The van der Waals surface area contributed by atoms with Crippen molar-refractivity contribution in [3.8, 4) is 10.7 Å². The van der Waals surface area contributed by atoms with E-state index in [0.29, 0.717) is 6.42 Å². The molecule has 0 atom stereocenters. The number of aryl methyl sites for hydroxylation is 2. The summed E-state index contributed by atoms with van der Waals surface area (Å²) in [6.07, 6.45) is 0.584. The van der Waals surface area contributed by atoms with Crippen molar-refractivity contribution in [2.45, 2.75) is 20.3 Å². The highest BCUT2D eigenvalue weighted by Gasteiger charge is 2.17. The van der Waals surface area contributed by atoms with Crippen LogP contribution in [0.4, 0.5) is 0 Å². The highest BCUT2D eigenvalue weighted by molar-refractivity contribution is 7.20. The smallest absolute Gasteiger partial charge is 0.235 e. The normalized spacial score (nSPS) is 11.5. The quantitative estimate of drug-likeness (QED) is 0.569. The van der Waals surface area contributed by atoms with Crippen LogP contribution in [0.15, 0.2) is 9.90 Å². The van der Waals surface area contributed by atoms with Crippen LogP contribution in [0.1, 0.15) is 22.8 Å². The average molecular weight is 319 g/mol. The van der Waals surface area contributed by atoms with E-state index in [2.05, 4.69) is 30.0 Å². The Morgan fingerprint density at radius 3 is 2.86 bits per heavy atom. The van der Waals surface area contributed by atoms with Gasteiger partial charge in [-0.05, 0) is 25.4 Å². The van der Waals surface area contributed by atoms with Crippen molar-refractivity contribution in [3.63, 3.8) is 0 Å². The third kappa shape index (κ3) is 2.03. The Labute approximate surface area is 126 Å². The van der Waals surface area contributed by atoms with Gasteiger partial charge in [0.1, 0.15) is 11.5 Å². The van der Waals surface area contributed by atoms with Gasteiger partial charge in [-0.25, -0.2) is 0 Å². The average Bonchev–Trinajstić information content (AvgIpc) is 3.19. The Hall–Kier alpha value is -2.20. The lowest BCUT2D eigenvalue weighted by Gasteiger charge is -1.96. The Bertz CT molecular complexity index is 885. The number of nitrogens with zero attached hydrogens (tertiary/aromatic N) is 7. The summed E-state index contributed by atoms with van der Waals surface area (Å²) in [6.45, 7) is 3.80. The van der Waals surface area contributed by atoms with Crippen molar-refractivity contribution in [3.05, 3.63) is 28.2 Å². The molecule has 4 heterocycles. The van der Waals surface area contributed by atoms with Gasteiger partial charge >= 0.3 is 0 Å². The minimum absolute atomic E-state index is 0.584. The van der Waals surface area contributed by atoms with Gasteiger partial charge in [-0.3, -0.25) is 0 Å². The monoisotopic (exact) mass is 319 g/mol. The van der Waals surface area contributed by atoms with Crippen LogP contribution in [0.2, 0.25) is 0 Å². The number of hydrogen-bond donors (Lipinski definition) is 0. The van der Waals surface area contributed by atoms with Crippen molar-refractivity contribution < 1.29 is 4.52 Å². The highest BCUT2D eigenvalue weighted by atomic mass is 32.1. The number of fused-ring (bicyclic) bond motifs is 1. The maximum atomic E-state index is 5.18. The maximum absolute atomic E-state index is 5.18. The van der Waals surface area contributed by atoms with Crippen LogP contribution in [-0.4, -0.2) is 34.6 Å². The van der Waals surface area contributed by atoms with E-state index in [1.54, 1.807) is 4.52 Å². The fourth-order valence-corrected chi connectivity index (χ4v) is 3.37. The van der Waals surface area contributed by atoms with Crippen LogP contribution < -0.4 is 0 Å². The Balaban J connectivity index is 1.76. The molecule has 0 amide bonds. The van der Waals surface area contributed by atoms with Gasteiger partial charge in [-0.2, -0.15) is 9.61 Å². The second-order valence-electron chi connectivity index (χ2n) is 4.49. The molecule has 0 saturated carbocycles. The van der Waals surface area contributed by atoms with Crippen molar-refractivity contribution in [1.82, 2.24) is 34.6 Å². The molecule has 10 heteroatoms. The van der Waals surface area contributed by atoms with Gasteiger partial charge in [-0.15, -0.1) is 15.3 Å². The summed E-state index contributed by atoms with van der Waals surface area (Å²) in [5.41, 5.74) is 2.65. The molecule has 21 heavy (non-hydrogen) atoms. The molecule has 0 bridgehead atoms. The molecule has 0 unspecified atom stereocenters. The lowest BCUT2D eigenvalue weighted by Crippen LogP contribution is -1.99. The summed E-state index contributed by atoms with van der Waals surface area (Å²) < 4.78 is 10.8. The molecule has 0 N–H and O–H groups in total. The van der Waals surface area contributed by atoms with Crippen LogP contribution in [0.5, 0.6) is 0 Å². The molecular weight excluding hydrogens is 310 g/mol. The van der Waals surface area contributed by atoms with E-state index in [1.807, 2.05) is 19.2 Å². The van der Waals surface area contributed by atoms with Crippen molar-refractivity contribution in [1.29, 1.82) is 0 Å². The summed E-state index contributed by atoms with van der Waals surface area (Å²) in [6, 6.07) is 0. The molecule has 8 nitrogen and oxygen atoms in total. The Kier molecular flexibility index (Phi) is 2.79. The van der Waals surface area contributed by atoms with Crippen LogP contribution in [0, 0.1) is 13.8 Å². The predicted octanol–water partition coefficient (Wildman–Crippen LogP) is 1.90. The van der Waals surface area contributed by atoms with Gasteiger partial charge in [-0.1, -0.05) is 21.0 Å². The molecule has 0 aliphatic carbocycles. The van der Waals surface area contributed by atoms with Gasteiger partial charge < -0.3 is 4.52 Å². The molecule has 4 aromatic heterocycles. The lowest BCUT2D eigenvalue weighted by molar-refractivity contribution is 0.392. The topological polar surface area (TPSA) is 94.9 Å². The van der Waals surface area contributed by atoms with Gasteiger partial charge in [0, 0.05) is 17.4 Å². The number of aromatic nitrogens is 7. The molecule has 106 valence electrons. The standard InChI is InChI=1S/C11H9N7OS2/c1-5-7(6(2)19-16-5)3-9-13-14-11-18(9)15-10(21-11)8-4-20-17-12-8/h4H,3H2,1-2H3. The fraction of sp³-hybridized carbons (Fsp3) is 0.273. The predicted molar refractivity (Wildman–Crippen MR) is 76.3 cm³/mol. The fourth-order valence-electron chi connectivity index (χ4n) is 2.04. The first-order chi connectivity index (χ1) is 10.2. The van der Waals surface area contributed by atoms with Crippen LogP contribution in [0.3, 0.4) is 0 Å². The Morgan fingerprint density at radius 2 is 2.14 bits per heavy atom. The highest BCUT2D eigenvalue weighted by Crippen LogP contribution is 2.25. The lowest BCUT2D eigenvalue weighted by atomic mass is 10.1. The first-order valence-electron chi connectivity index (χ1n) is 6.12. The summed E-state index contributed by atoms with van der Waals surface area (Å²) in [5, 5.41) is 23.5. The van der Waals surface area contributed by atoms with E-state index in [1.165, 1.54) is 22.9 Å². The zero-order valence-electron chi connectivity index (χ0n) is 11.1. The molecule has 4 aromatic rings. The Morgan fingerprint density at radius 1 is 1.24 bits per heavy atom. The van der Waals surface area contributed by atoms with Crippen LogP contribution in [-0.2, 0) is 6.42 Å². The van der Waals surface area contributed by atoms with Gasteiger partial charge in [0.25, 0.3) is 0 Å². The van der Waals surface area contributed by atoms with Crippen LogP contribution in [0.25, 0.3) is 15.7 Å². The van der Waals surface area contributed by atoms with Gasteiger partial charge in [0.2, 0.25) is 4.96 Å². The second-order valence-corrected chi connectivity index (χ2v) is 6.05. The third-order valence-corrected chi connectivity index (χ3v) is 4.58. The summed E-state index contributed by atoms with van der Waals surface area (Å²) in [7, 11) is 0. The van der Waals surface area contributed by atoms with E-state index >= 15 is 0 Å². The molecule has 0 aliphatic heterocycles. The summed E-state index contributed by atoms with van der Waals surface area (Å²) >= 11 is 2.74.